The van der Waals surface area contributed by atoms with Crippen molar-refractivity contribution in [3.63, 3.8) is 0 Å². The van der Waals surface area contributed by atoms with E-state index >= 15 is 0 Å². The molecule has 0 radical (unpaired) electrons. The van der Waals surface area contributed by atoms with Crippen LogP contribution in [0.15, 0.2) is 0 Å². The number of ether oxygens (including phenoxy) is 2. The fourth-order valence-corrected chi connectivity index (χ4v) is 1.02. The van der Waals surface area contributed by atoms with E-state index in [9.17, 15) is 0 Å². The van der Waals surface area contributed by atoms with Crippen LogP contribution in [0.2, 0.25) is 0 Å². The van der Waals surface area contributed by atoms with Crippen LogP contribution < -0.4 is 0 Å². The highest BCUT2D eigenvalue weighted by molar-refractivity contribution is 4.93. The Morgan fingerprint density at radius 1 is 0.917 bits per heavy atom. The van der Waals surface area contributed by atoms with E-state index in [1.807, 2.05) is 19.0 Å². The van der Waals surface area contributed by atoms with Crippen molar-refractivity contribution in [1.82, 2.24) is 4.90 Å². The third kappa shape index (κ3) is 1.49. The minimum Gasteiger partial charge on any atom is -0.331 e. The smallest absolute Gasteiger partial charge is 0.219 e. The van der Waals surface area contributed by atoms with E-state index in [-0.39, 0.29) is 17.6 Å². The Hall–Kier alpha value is -0.120. The third-order valence-corrected chi connectivity index (χ3v) is 2.66. The van der Waals surface area contributed by atoms with Crippen LogP contribution in [-0.4, -0.2) is 36.6 Å². The van der Waals surface area contributed by atoms with Crippen LogP contribution in [0.1, 0.15) is 27.7 Å². The lowest BCUT2D eigenvalue weighted by atomic mass is 9.90. The maximum absolute atomic E-state index is 5.73. The largest absolute Gasteiger partial charge is 0.331 e. The van der Waals surface area contributed by atoms with Gasteiger partial charge in [-0.1, -0.05) is 0 Å². The van der Waals surface area contributed by atoms with E-state index < -0.39 is 0 Å². The average Bonchev–Trinajstić information content (AvgIpc) is 2.03. The quantitative estimate of drug-likeness (QED) is 0.599. The molecule has 0 unspecified atom stereocenters. The van der Waals surface area contributed by atoms with Gasteiger partial charge in [0.15, 0.2) is 0 Å². The van der Waals surface area contributed by atoms with Crippen LogP contribution >= 0.6 is 0 Å². The van der Waals surface area contributed by atoms with Crippen LogP contribution in [0.3, 0.4) is 0 Å². The summed E-state index contributed by atoms with van der Waals surface area (Å²) in [4.78, 5) is 1.93. The van der Waals surface area contributed by atoms with Crippen LogP contribution in [0.4, 0.5) is 0 Å². The molecule has 0 amide bonds. The van der Waals surface area contributed by atoms with Gasteiger partial charge >= 0.3 is 0 Å². The molecular formula is C9H19NO2. The van der Waals surface area contributed by atoms with Crippen molar-refractivity contribution in [1.29, 1.82) is 0 Å². The molecule has 3 nitrogen and oxygen atoms in total. The molecule has 1 aliphatic rings. The minimum atomic E-state index is -0.220. The van der Waals surface area contributed by atoms with Crippen LogP contribution in [0, 0.1) is 0 Å². The molecule has 1 fully saturated rings. The van der Waals surface area contributed by atoms with Crippen molar-refractivity contribution in [3.8, 4) is 0 Å². The summed E-state index contributed by atoms with van der Waals surface area (Å²) in [5, 5.41) is 0. The lowest BCUT2D eigenvalue weighted by molar-refractivity contribution is -0.166. The summed E-state index contributed by atoms with van der Waals surface area (Å²) in [5.74, 6) is 0. The van der Waals surface area contributed by atoms with Crippen LogP contribution in [0.25, 0.3) is 0 Å². The molecule has 0 aromatic rings. The third-order valence-electron chi connectivity index (χ3n) is 2.66. The molecule has 72 valence electrons. The second-order valence-electron chi connectivity index (χ2n) is 4.53. The molecule has 1 saturated heterocycles. The highest BCUT2D eigenvalue weighted by Gasteiger charge is 2.49. The number of nitrogens with zero attached hydrogens (tertiary/aromatic N) is 1. The summed E-state index contributed by atoms with van der Waals surface area (Å²) in [7, 11) is 3.89. The van der Waals surface area contributed by atoms with E-state index in [1.54, 1.807) is 0 Å². The standard InChI is InChI=1S/C9H19NO2/c1-8(2)9(3,4)12-7(11-8)10(5)6/h7H,1-6H3. The van der Waals surface area contributed by atoms with E-state index in [2.05, 4.69) is 27.7 Å². The Labute approximate surface area is 74.6 Å². The maximum Gasteiger partial charge on any atom is 0.219 e. The first-order chi connectivity index (χ1) is 5.26. The Balaban J connectivity index is 2.74. The van der Waals surface area contributed by atoms with Gasteiger partial charge in [0.05, 0.1) is 11.2 Å². The lowest BCUT2D eigenvalue weighted by Crippen LogP contribution is -2.41. The topological polar surface area (TPSA) is 21.7 Å². The zero-order valence-electron chi connectivity index (χ0n) is 8.84. The Morgan fingerprint density at radius 3 is 1.42 bits per heavy atom. The van der Waals surface area contributed by atoms with Gasteiger partial charge in [0.25, 0.3) is 0 Å². The molecule has 0 saturated carbocycles. The molecule has 0 aliphatic carbocycles. The summed E-state index contributed by atoms with van der Waals surface area (Å²) < 4.78 is 11.5. The van der Waals surface area contributed by atoms with Crippen molar-refractivity contribution >= 4 is 0 Å². The SMILES string of the molecule is CN(C)C1OC(C)(C)C(C)(C)O1. The van der Waals surface area contributed by atoms with E-state index in [0.717, 1.165) is 0 Å². The average molecular weight is 173 g/mol. The van der Waals surface area contributed by atoms with Gasteiger partial charge in [-0.2, -0.15) is 0 Å². The van der Waals surface area contributed by atoms with E-state index in [1.165, 1.54) is 0 Å². The van der Waals surface area contributed by atoms with Crippen molar-refractivity contribution in [3.05, 3.63) is 0 Å². The highest BCUT2D eigenvalue weighted by atomic mass is 16.8. The van der Waals surface area contributed by atoms with Gasteiger partial charge in [0.1, 0.15) is 0 Å². The molecule has 0 N–H and O–H groups in total. The zero-order chi connectivity index (χ0) is 9.57. The van der Waals surface area contributed by atoms with Crippen molar-refractivity contribution in [2.75, 3.05) is 14.1 Å². The van der Waals surface area contributed by atoms with Gasteiger partial charge in [-0.25, -0.2) is 0 Å². The summed E-state index contributed by atoms with van der Waals surface area (Å²) in [5.41, 5.74) is -0.441. The van der Waals surface area contributed by atoms with Gasteiger partial charge < -0.3 is 9.47 Å². The molecule has 0 atom stereocenters. The fraction of sp³-hybridized carbons (Fsp3) is 1.00. The van der Waals surface area contributed by atoms with Crippen molar-refractivity contribution in [2.24, 2.45) is 0 Å². The van der Waals surface area contributed by atoms with Crippen LogP contribution in [0.5, 0.6) is 0 Å². The predicted octanol–water partition coefficient (Wildman–Crippen LogP) is 1.44. The molecule has 1 heterocycles. The Morgan fingerprint density at radius 2 is 1.25 bits per heavy atom. The second kappa shape index (κ2) is 2.69. The normalized spacial score (nSPS) is 28.2. The first kappa shape index (κ1) is 9.96. The summed E-state index contributed by atoms with van der Waals surface area (Å²) in [6, 6.07) is 0. The lowest BCUT2D eigenvalue weighted by Gasteiger charge is -2.30. The minimum absolute atomic E-state index is 0.213. The molecule has 0 aromatic carbocycles. The fourth-order valence-electron chi connectivity index (χ4n) is 1.02. The summed E-state index contributed by atoms with van der Waals surface area (Å²) in [6.45, 7) is 8.21. The van der Waals surface area contributed by atoms with Gasteiger partial charge in [0, 0.05) is 0 Å². The molecular weight excluding hydrogens is 154 g/mol. The monoisotopic (exact) mass is 173 g/mol. The molecule has 3 heteroatoms. The van der Waals surface area contributed by atoms with Gasteiger partial charge in [-0.05, 0) is 41.8 Å². The number of hydrogen-bond donors (Lipinski definition) is 0. The van der Waals surface area contributed by atoms with Gasteiger partial charge in [0.2, 0.25) is 6.41 Å². The molecule has 0 spiro atoms. The first-order valence-corrected chi connectivity index (χ1v) is 4.28. The van der Waals surface area contributed by atoms with Gasteiger partial charge in [-0.3, -0.25) is 4.90 Å². The predicted molar refractivity (Wildman–Crippen MR) is 47.8 cm³/mol. The summed E-state index contributed by atoms with van der Waals surface area (Å²) >= 11 is 0. The van der Waals surface area contributed by atoms with Gasteiger partial charge in [-0.15, -0.1) is 0 Å². The summed E-state index contributed by atoms with van der Waals surface area (Å²) in [6.07, 6.45) is -0.213. The first-order valence-electron chi connectivity index (χ1n) is 4.28. The molecule has 0 aromatic heterocycles. The van der Waals surface area contributed by atoms with E-state index in [0.29, 0.717) is 0 Å². The zero-order valence-corrected chi connectivity index (χ0v) is 8.84. The molecule has 12 heavy (non-hydrogen) atoms. The molecule has 0 bridgehead atoms. The van der Waals surface area contributed by atoms with Crippen LogP contribution in [-0.2, 0) is 9.47 Å². The Bertz CT molecular complexity index is 159. The molecule has 1 aliphatic heterocycles. The van der Waals surface area contributed by atoms with Crippen molar-refractivity contribution in [2.45, 2.75) is 45.3 Å². The maximum atomic E-state index is 5.73. The molecule has 1 rings (SSSR count). The number of hydrogen-bond acceptors (Lipinski definition) is 3. The Kier molecular flexibility index (Phi) is 2.23. The van der Waals surface area contributed by atoms with E-state index in [4.69, 9.17) is 9.47 Å². The number of rotatable bonds is 1. The highest BCUT2D eigenvalue weighted by Crippen LogP contribution is 2.38. The van der Waals surface area contributed by atoms with Crippen molar-refractivity contribution < 1.29 is 9.47 Å². The second-order valence-corrected chi connectivity index (χ2v) is 4.53.